The van der Waals surface area contributed by atoms with E-state index in [1.807, 2.05) is 32.3 Å². The standard InChI is InChI=1S/C12H15BrN2/c1-3-4-5-8-11(14-2)12-10(13)7-6-9-15-12/h6-7,9,11,14H,5,8H2,1-2H3. The molecule has 0 saturated carbocycles. The van der Waals surface area contributed by atoms with Gasteiger partial charge in [0.2, 0.25) is 0 Å². The first-order valence-corrected chi connectivity index (χ1v) is 5.76. The normalized spacial score (nSPS) is 11.7. The second-order valence-corrected chi connectivity index (χ2v) is 4.03. The molecule has 0 aliphatic heterocycles. The second-order valence-electron chi connectivity index (χ2n) is 3.18. The Morgan fingerprint density at radius 2 is 2.40 bits per heavy atom. The van der Waals surface area contributed by atoms with Crippen LogP contribution in [0.15, 0.2) is 22.8 Å². The molecule has 15 heavy (non-hydrogen) atoms. The van der Waals surface area contributed by atoms with Crippen molar-refractivity contribution >= 4 is 15.9 Å². The maximum absolute atomic E-state index is 4.37. The van der Waals surface area contributed by atoms with Gasteiger partial charge in [-0.2, -0.15) is 0 Å². The lowest BCUT2D eigenvalue weighted by atomic mass is 10.1. The van der Waals surface area contributed by atoms with Gasteiger partial charge in [-0.05, 0) is 48.5 Å². The summed E-state index contributed by atoms with van der Waals surface area (Å²) < 4.78 is 1.05. The summed E-state index contributed by atoms with van der Waals surface area (Å²) in [6.07, 6.45) is 3.69. The van der Waals surface area contributed by atoms with Gasteiger partial charge in [-0.1, -0.05) is 0 Å². The third-order valence-electron chi connectivity index (χ3n) is 2.20. The third-order valence-corrected chi connectivity index (χ3v) is 2.87. The minimum atomic E-state index is 0.265. The lowest BCUT2D eigenvalue weighted by Gasteiger charge is -2.15. The van der Waals surface area contributed by atoms with E-state index in [0.717, 1.165) is 23.0 Å². The zero-order chi connectivity index (χ0) is 11.1. The molecular weight excluding hydrogens is 252 g/mol. The Labute approximate surface area is 99.6 Å². The largest absolute Gasteiger partial charge is 0.312 e. The molecule has 0 aliphatic rings. The van der Waals surface area contributed by atoms with E-state index in [1.54, 1.807) is 0 Å². The van der Waals surface area contributed by atoms with E-state index in [4.69, 9.17) is 0 Å². The number of aromatic nitrogens is 1. The smallest absolute Gasteiger partial charge is 0.0715 e. The van der Waals surface area contributed by atoms with Crippen LogP contribution in [0.25, 0.3) is 0 Å². The molecule has 1 rings (SSSR count). The van der Waals surface area contributed by atoms with E-state index in [2.05, 4.69) is 38.1 Å². The van der Waals surface area contributed by atoms with E-state index in [9.17, 15) is 0 Å². The molecule has 0 aliphatic carbocycles. The summed E-state index contributed by atoms with van der Waals surface area (Å²) in [5, 5.41) is 3.26. The fourth-order valence-corrected chi connectivity index (χ4v) is 1.94. The number of rotatable bonds is 4. The fraction of sp³-hybridized carbons (Fsp3) is 0.417. The highest BCUT2D eigenvalue weighted by Gasteiger charge is 2.12. The van der Waals surface area contributed by atoms with Gasteiger partial charge in [0.1, 0.15) is 0 Å². The van der Waals surface area contributed by atoms with Crippen LogP contribution in [-0.2, 0) is 0 Å². The molecule has 0 radical (unpaired) electrons. The molecule has 0 fully saturated rings. The summed E-state index contributed by atoms with van der Waals surface area (Å²) in [6.45, 7) is 1.87. The van der Waals surface area contributed by atoms with Crippen molar-refractivity contribution in [1.82, 2.24) is 10.3 Å². The average Bonchev–Trinajstić information content (AvgIpc) is 2.26. The third kappa shape index (κ3) is 3.65. The van der Waals surface area contributed by atoms with Crippen molar-refractivity contribution in [3.05, 3.63) is 28.5 Å². The molecule has 0 amide bonds. The number of hydrogen-bond donors (Lipinski definition) is 1. The maximum atomic E-state index is 4.37. The van der Waals surface area contributed by atoms with Crippen molar-refractivity contribution in [3.63, 3.8) is 0 Å². The molecule has 80 valence electrons. The first kappa shape index (κ1) is 12.2. The van der Waals surface area contributed by atoms with Gasteiger partial charge in [0, 0.05) is 17.1 Å². The van der Waals surface area contributed by atoms with Crippen LogP contribution >= 0.6 is 15.9 Å². The van der Waals surface area contributed by atoms with Gasteiger partial charge in [0.15, 0.2) is 0 Å². The van der Waals surface area contributed by atoms with Crippen molar-refractivity contribution in [2.75, 3.05) is 7.05 Å². The number of hydrogen-bond acceptors (Lipinski definition) is 2. The highest BCUT2D eigenvalue weighted by atomic mass is 79.9. The van der Waals surface area contributed by atoms with E-state index in [0.29, 0.717) is 0 Å². The average molecular weight is 267 g/mol. The second kappa shape index (κ2) is 6.60. The molecule has 1 aromatic heterocycles. The van der Waals surface area contributed by atoms with Gasteiger partial charge in [0.05, 0.1) is 11.7 Å². The Balaban J connectivity index is 2.72. The Bertz CT molecular complexity index is 365. The van der Waals surface area contributed by atoms with Crippen LogP contribution in [0.1, 0.15) is 31.5 Å². The molecule has 0 saturated heterocycles. The summed E-state index contributed by atoms with van der Waals surface area (Å²) in [6, 6.07) is 4.20. The molecule has 1 heterocycles. The Morgan fingerprint density at radius 3 is 3.00 bits per heavy atom. The van der Waals surface area contributed by atoms with Crippen LogP contribution in [0.5, 0.6) is 0 Å². The summed E-state index contributed by atoms with van der Waals surface area (Å²) in [5.41, 5.74) is 1.05. The molecule has 1 aromatic rings. The van der Waals surface area contributed by atoms with Gasteiger partial charge in [-0.25, -0.2) is 0 Å². The predicted octanol–water partition coefficient (Wildman–Crippen LogP) is 2.91. The summed E-state index contributed by atoms with van der Waals surface area (Å²) in [5.74, 6) is 5.97. The molecule has 2 nitrogen and oxygen atoms in total. The van der Waals surface area contributed by atoms with Crippen LogP contribution in [0.2, 0.25) is 0 Å². The molecule has 0 spiro atoms. The number of pyridine rings is 1. The maximum Gasteiger partial charge on any atom is 0.0715 e. The number of nitrogens with one attached hydrogen (secondary N) is 1. The molecule has 0 bridgehead atoms. The minimum Gasteiger partial charge on any atom is -0.312 e. The molecular formula is C12H15BrN2. The summed E-state index contributed by atoms with van der Waals surface area (Å²) in [7, 11) is 1.95. The number of halogens is 1. The Hall–Kier alpha value is -0.850. The molecule has 1 unspecified atom stereocenters. The highest BCUT2D eigenvalue weighted by Crippen LogP contribution is 2.23. The minimum absolute atomic E-state index is 0.265. The van der Waals surface area contributed by atoms with Crippen LogP contribution in [0.4, 0.5) is 0 Å². The molecule has 3 heteroatoms. The van der Waals surface area contributed by atoms with Crippen LogP contribution in [0, 0.1) is 11.8 Å². The van der Waals surface area contributed by atoms with Crippen molar-refractivity contribution in [1.29, 1.82) is 0 Å². The van der Waals surface area contributed by atoms with Crippen molar-refractivity contribution in [2.24, 2.45) is 0 Å². The zero-order valence-electron chi connectivity index (χ0n) is 9.05. The van der Waals surface area contributed by atoms with Crippen LogP contribution < -0.4 is 5.32 Å². The summed E-state index contributed by atoms with van der Waals surface area (Å²) in [4.78, 5) is 4.37. The van der Waals surface area contributed by atoms with E-state index >= 15 is 0 Å². The highest BCUT2D eigenvalue weighted by molar-refractivity contribution is 9.10. The van der Waals surface area contributed by atoms with E-state index < -0.39 is 0 Å². The van der Waals surface area contributed by atoms with Crippen molar-refractivity contribution < 1.29 is 0 Å². The summed E-state index contributed by atoms with van der Waals surface area (Å²) >= 11 is 3.51. The topological polar surface area (TPSA) is 24.9 Å². The van der Waals surface area contributed by atoms with Gasteiger partial charge >= 0.3 is 0 Å². The van der Waals surface area contributed by atoms with Crippen molar-refractivity contribution in [2.45, 2.75) is 25.8 Å². The van der Waals surface area contributed by atoms with E-state index in [-0.39, 0.29) is 6.04 Å². The predicted molar refractivity (Wildman–Crippen MR) is 66.4 cm³/mol. The van der Waals surface area contributed by atoms with Gasteiger partial charge in [-0.15, -0.1) is 11.8 Å². The first-order valence-electron chi connectivity index (χ1n) is 4.97. The fourth-order valence-electron chi connectivity index (χ4n) is 1.41. The Morgan fingerprint density at radius 1 is 1.60 bits per heavy atom. The van der Waals surface area contributed by atoms with Gasteiger partial charge in [0.25, 0.3) is 0 Å². The first-order chi connectivity index (χ1) is 7.29. The van der Waals surface area contributed by atoms with Gasteiger partial charge in [-0.3, -0.25) is 4.98 Å². The molecule has 1 atom stereocenters. The number of nitrogens with zero attached hydrogens (tertiary/aromatic N) is 1. The quantitative estimate of drug-likeness (QED) is 0.848. The molecule has 0 aromatic carbocycles. The molecule has 1 N–H and O–H groups in total. The van der Waals surface area contributed by atoms with Crippen LogP contribution in [0.3, 0.4) is 0 Å². The SMILES string of the molecule is CC#CCCC(NC)c1ncccc1Br. The zero-order valence-corrected chi connectivity index (χ0v) is 10.6. The lowest BCUT2D eigenvalue weighted by molar-refractivity contribution is 0.542. The van der Waals surface area contributed by atoms with Crippen molar-refractivity contribution in [3.8, 4) is 11.8 Å². The monoisotopic (exact) mass is 266 g/mol. The Kier molecular flexibility index (Phi) is 5.38. The lowest BCUT2D eigenvalue weighted by Crippen LogP contribution is -2.17. The van der Waals surface area contributed by atoms with Crippen LogP contribution in [-0.4, -0.2) is 12.0 Å². The van der Waals surface area contributed by atoms with Gasteiger partial charge < -0.3 is 5.32 Å². The van der Waals surface area contributed by atoms with E-state index in [1.165, 1.54) is 0 Å².